The van der Waals surface area contributed by atoms with Gasteiger partial charge in [0.1, 0.15) is 0 Å². The molecule has 2 aromatic carbocycles. The Bertz CT molecular complexity index is 1860. The lowest BCUT2D eigenvalue weighted by molar-refractivity contribution is 0.648. The van der Waals surface area contributed by atoms with Crippen molar-refractivity contribution in [3.63, 3.8) is 0 Å². The maximum Gasteiger partial charge on any atom is 0.332 e. The van der Waals surface area contributed by atoms with Gasteiger partial charge in [-0.2, -0.15) is 4.98 Å². The molecule has 1 fully saturated rings. The lowest BCUT2D eigenvalue weighted by Crippen LogP contribution is -2.40. The molecule has 192 valence electrons. The smallest absolute Gasteiger partial charge is 0.332 e. The number of nitrogens with one attached hydrogen (secondary N) is 1. The predicted octanol–water partition coefficient (Wildman–Crippen LogP) is 2.47. The molecule has 0 saturated carbocycles. The normalized spacial score (nSPS) is 14.1. The van der Waals surface area contributed by atoms with Gasteiger partial charge in [0.05, 0.1) is 24.3 Å². The quantitative estimate of drug-likeness (QED) is 0.297. The highest BCUT2D eigenvalue weighted by molar-refractivity contribution is 6.06. The van der Waals surface area contributed by atoms with Crippen LogP contribution in [0.1, 0.15) is 19.0 Å². The van der Waals surface area contributed by atoms with Crippen LogP contribution in [0.5, 0.6) is 0 Å². The molecule has 0 spiro atoms. The van der Waals surface area contributed by atoms with E-state index < -0.39 is 5.69 Å². The van der Waals surface area contributed by atoms with Crippen LogP contribution >= 0.6 is 0 Å². The minimum absolute atomic E-state index is 0.0560. The Balaban J connectivity index is 1.57. The molecule has 9 nitrogen and oxygen atoms in total. The summed E-state index contributed by atoms with van der Waals surface area (Å²) in [6.45, 7) is 5.48. The van der Waals surface area contributed by atoms with Gasteiger partial charge in [-0.3, -0.25) is 23.5 Å². The number of hydrogen-bond donors (Lipinski definition) is 1. The summed E-state index contributed by atoms with van der Waals surface area (Å²) in [7, 11) is 1.67. The maximum absolute atomic E-state index is 14.0. The van der Waals surface area contributed by atoms with Crippen LogP contribution in [-0.4, -0.2) is 49.8 Å². The van der Waals surface area contributed by atoms with Crippen LogP contribution in [0.25, 0.3) is 32.8 Å². The summed E-state index contributed by atoms with van der Waals surface area (Å²) in [5, 5.41) is 6.40. The second kappa shape index (κ2) is 9.80. The fraction of sp³-hybridized carbons (Fsp3) is 0.310. The van der Waals surface area contributed by atoms with E-state index in [1.165, 1.54) is 9.13 Å². The molecule has 0 atom stereocenters. The minimum Gasteiger partial charge on any atom is -0.341 e. The standard InChI is InChI=1S/C29H29N7O2/c1-3-4-17-35-25-26(32-28(35)34-16-9-14-30-15-18-34)33(2)29(38)36(27(25)37)19-24-22-12-6-5-10-20(22)21-11-7-8-13-23(21)31-24/h5-8,10-13,30H,9,14-19H2,1-2H3. The summed E-state index contributed by atoms with van der Waals surface area (Å²) in [5.41, 5.74) is 1.46. The third-order valence-electron chi connectivity index (χ3n) is 7.24. The third-order valence-corrected chi connectivity index (χ3v) is 7.24. The molecule has 6 rings (SSSR count). The molecule has 9 heteroatoms. The number of rotatable bonds is 4. The van der Waals surface area contributed by atoms with Gasteiger partial charge in [-0.05, 0) is 31.3 Å². The summed E-state index contributed by atoms with van der Waals surface area (Å²) in [5.74, 6) is 6.70. The highest BCUT2D eigenvalue weighted by Crippen LogP contribution is 2.27. The Morgan fingerprint density at radius 3 is 2.50 bits per heavy atom. The third kappa shape index (κ3) is 3.94. The average Bonchev–Trinajstić information content (AvgIpc) is 3.11. The molecule has 0 amide bonds. The van der Waals surface area contributed by atoms with Gasteiger partial charge in [-0.1, -0.05) is 48.4 Å². The summed E-state index contributed by atoms with van der Waals surface area (Å²) in [4.78, 5) is 39.5. The Hall–Kier alpha value is -4.42. The number of nitrogens with zero attached hydrogens (tertiary/aromatic N) is 6. The number of anilines is 1. The van der Waals surface area contributed by atoms with Gasteiger partial charge in [-0.25, -0.2) is 4.79 Å². The van der Waals surface area contributed by atoms with Crippen LogP contribution in [0, 0.1) is 11.8 Å². The zero-order valence-corrected chi connectivity index (χ0v) is 21.6. The molecule has 1 saturated heterocycles. The highest BCUT2D eigenvalue weighted by atomic mass is 16.2. The highest BCUT2D eigenvalue weighted by Gasteiger charge is 2.24. The molecular formula is C29H29N7O2. The predicted molar refractivity (Wildman–Crippen MR) is 151 cm³/mol. The average molecular weight is 508 g/mol. The molecule has 5 aromatic rings. The topological polar surface area (TPSA) is 90.0 Å². The van der Waals surface area contributed by atoms with Crippen molar-refractivity contribution in [2.75, 3.05) is 31.1 Å². The van der Waals surface area contributed by atoms with Crippen LogP contribution in [-0.2, 0) is 20.1 Å². The molecule has 38 heavy (non-hydrogen) atoms. The van der Waals surface area contributed by atoms with E-state index in [0.29, 0.717) is 29.4 Å². The van der Waals surface area contributed by atoms with Crippen molar-refractivity contribution >= 4 is 38.8 Å². The number of hydrogen-bond acceptors (Lipinski definition) is 6. The molecule has 0 bridgehead atoms. The molecule has 1 N–H and O–H groups in total. The zero-order chi connectivity index (χ0) is 26.2. The largest absolute Gasteiger partial charge is 0.341 e. The number of benzene rings is 2. The summed E-state index contributed by atoms with van der Waals surface area (Å²) >= 11 is 0. The Morgan fingerprint density at radius 1 is 0.921 bits per heavy atom. The molecule has 3 aromatic heterocycles. The van der Waals surface area contributed by atoms with E-state index in [0.717, 1.165) is 54.3 Å². The van der Waals surface area contributed by atoms with Crippen molar-refractivity contribution in [1.82, 2.24) is 29.0 Å². The van der Waals surface area contributed by atoms with Gasteiger partial charge in [-0.15, -0.1) is 5.92 Å². The zero-order valence-electron chi connectivity index (χ0n) is 21.6. The fourth-order valence-electron chi connectivity index (χ4n) is 5.34. The SMILES string of the molecule is CC#CCn1c(N2CCCNCC2)nc2c1c(=O)n(Cc1nc3ccccc3c3ccccc13)c(=O)n2C. The maximum atomic E-state index is 14.0. The molecular weight excluding hydrogens is 478 g/mol. The number of para-hydroxylation sites is 1. The Morgan fingerprint density at radius 2 is 1.68 bits per heavy atom. The monoisotopic (exact) mass is 507 g/mol. The molecule has 0 aliphatic carbocycles. The first kappa shape index (κ1) is 23.9. The second-order valence-corrected chi connectivity index (χ2v) is 9.54. The van der Waals surface area contributed by atoms with Crippen molar-refractivity contribution in [3.05, 3.63) is 75.1 Å². The van der Waals surface area contributed by atoms with E-state index in [4.69, 9.17) is 9.97 Å². The molecule has 0 unspecified atom stereocenters. The molecule has 4 heterocycles. The summed E-state index contributed by atoms with van der Waals surface area (Å²) in [6, 6.07) is 15.9. The number of imidazole rings is 1. The van der Waals surface area contributed by atoms with Crippen molar-refractivity contribution in [1.29, 1.82) is 0 Å². The summed E-state index contributed by atoms with van der Waals surface area (Å²) in [6.07, 6.45) is 0.965. The van der Waals surface area contributed by atoms with Crippen LogP contribution in [0.3, 0.4) is 0 Å². The van der Waals surface area contributed by atoms with Gasteiger partial charge in [0.25, 0.3) is 5.56 Å². The van der Waals surface area contributed by atoms with Crippen molar-refractivity contribution in [2.45, 2.75) is 26.4 Å². The Kier molecular flexibility index (Phi) is 6.18. The Labute approximate surface area is 219 Å². The molecule has 1 aliphatic heterocycles. The fourth-order valence-corrected chi connectivity index (χ4v) is 5.34. The van der Waals surface area contributed by atoms with Crippen LogP contribution < -0.4 is 21.5 Å². The van der Waals surface area contributed by atoms with Crippen molar-refractivity contribution in [2.24, 2.45) is 7.05 Å². The number of aromatic nitrogens is 5. The van der Waals surface area contributed by atoms with E-state index >= 15 is 0 Å². The van der Waals surface area contributed by atoms with Gasteiger partial charge < -0.3 is 10.2 Å². The van der Waals surface area contributed by atoms with Crippen molar-refractivity contribution in [3.8, 4) is 11.8 Å². The van der Waals surface area contributed by atoms with Gasteiger partial charge in [0, 0.05) is 37.5 Å². The van der Waals surface area contributed by atoms with E-state index in [1.807, 2.05) is 53.1 Å². The van der Waals surface area contributed by atoms with Crippen molar-refractivity contribution < 1.29 is 0 Å². The first-order chi connectivity index (χ1) is 18.6. The van der Waals surface area contributed by atoms with Crippen LogP contribution in [0.4, 0.5) is 5.95 Å². The first-order valence-electron chi connectivity index (χ1n) is 12.9. The summed E-state index contributed by atoms with van der Waals surface area (Å²) < 4.78 is 4.61. The molecule has 0 radical (unpaired) electrons. The molecule has 1 aliphatic rings. The van der Waals surface area contributed by atoms with Gasteiger partial charge in [0.15, 0.2) is 11.2 Å². The van der Waals surface area contributed by atoms with E-state index in [-0.39, 0.29) is 12.1 Å². The number of aryl methyl sites for hydroxylation is 1. The first-order valence-corrected chi connectivity index (χ1v) is 12.9. The lowest BCUT2D eigenvalue weighted by atomic mass is 10.0. The van der Waals surface area contributed by atoms with E-state index in [9.17, 15) is 9.59 Å². The number of pyridine rings is 1. The van der Waals surface area contributed by atoms with Crippen LogP contribution in [0.15, 0.2) is 58.1 Å². The number of fused-ring (bicyclic) bond motifs is 4. The second-order valence-electron chi connectivity index (χ2n) is 9.54. The minimum atomic E-state index is -0.420. The van der Waals surface area contributed by atoms with Gasteiger partial charge >= 0.3 is 5.69 Å². The van der Waals surface area contributed by atoms with E-state index in [2.05, 4.69) is 22.1 Å². The lowest BCUT2D eigenvalue weighted by Gasteiger charge is -2.21. The van der Waals surface area contributed by atoms with Crippen LogP contribution in [0.2, 0.25) is 0 Å². The van der Waals surface area contributed by atoms with E-state index in [1.54, 1.807) is 14.0 Å². The van der Waals surface area contributed by atoms with Gasteiger partial charge in [0.2, 0.25) is 5.95 Å².